The van der Waals surface area contributed by atoms with Crippen molar-refractivity contribution in [3.8, 4) is 5.75 Å². The van der Waals surface area contributed by atoms with Crippen LogP contribution in [0.4, 0.5) is 5.95 Å². The summed E-state index contributed by atoms with van der Waals surface area (Å²) in [5.41, 5.74) is 4.57. The van der Waals surface area contributed by atoms with Gasteiger partial charge in [-0.1, -0.05) is 38.5 Å². The van der Waals surface area contributed by atoms with E-state index in [1.54, 1.807) is 44.2 Å². The Labute approximate surface area is 242 Å². The number of fused-ring (bicyclic) bond motifs is 1. The number of aromatic nitrogens is 4. The number of carbonyl (C=O) groups excluding carboxylic acids is 1. The van der Waals surface area contributed by atoms with Gasteiger partial charge in [0.05, 0.1) is 19.0 Å². The Hall–Kier alpha value is -3.29. The van der Waals surface area contributed by atoms with E-state index in [2.05, 4.69) is 20.0 Å². The van der Waals surface area contributed by atoms with Crippen LogP contribution in [-0.4, -0.2) is 61.6 Å². The summed E-state index contributed by atoms with van der Waals surface area (Å²) < 4.78 is 38.9. The number of nitrogen functional groups attached to an aromatic ring is 1. The molecule has 5 atom stereocenters. The van der Waals surface area contributed by atoms with Crippen molar-refractivity contribution in [2.75, 3.05) is 12.3 Å². The van der Waals surface area contributed by atoms with Crippen LogP contribution in [0, 0.1) is 5.41 Å². The van der Waals surface area contributed by atoms with Gasteiger partial charge in [-0.15, -0.1) is 0 Å². The van der Waals surface area contributed by atoms with Crippen LogP contribution in [0.3, 0.4) is 0 Å². The minimum absolute atomic E-state index is 0.0665. The third-order valence-electron chi connectivity index (χ3n) is 7.68. The zero-order valence-corrected chi connectivity index (χ0v) is 24.7. The highest BCUT2D eigenvalue weighted by Crippen LogP contribution is 2.49. The first kappa shape index (κ1) is 30.2. The molecule has 2 fully saturated rings. The molecule has 1 aliphatic carbocycles. The molecule has 0 bridgehead atoms. The summed E-state index contributed by atoms with van der Waals surface area (Å²) in [6.45, 7) is 4.71. The zero-order chi connectivity index (χ0) is 30.1. The second kappa shape index (κ2) is 12.1. The van der Waals surface area contributed by atoms with Crippen molar-refractivity contribution in [2.45, 2.75) is 83.5 Å². The molecule has 42 heavy (non-hydrogen) atoms. The Morgan fingerprint density at radius 3 is 2.71 bits per heavy atom. The second-order valence-corrected chi connectivity index (χ2v) is 13.0. The fraction of sp³-hybridized carbons (Fsp3) is 0.556. The van der Waals surface area contributed by atoms with Crippen LogP contribution in [-0.2, 0) is 23.4 Å². The topological polar surface area (TPSA) is 193 Å². The summed E-state index contributed by atoms with van der Waals surface area (Å²) >= 11 is 0. The van der Waals surface area contributed by atoms with E-state index < -0.39 is 49.2 Å². The van der Waals surface area contributed by atoms with Gasteiger partial charge >= 0.3 is 13.7 Å². The van der Waals surface area contributed by atoms with Gasteiger partial charge in [0.15, 0.2) is 11.2 Å². The maximum atomic E-state index is 14.0. The summed E-state index contributed by atoms with van der Waals surface area (Å²) in [5, 5.41) is 13.9. The summed E-state index contributed by atoms with van der Waals surface area (Å²) in [5.74, 6) is -0.396. The largest absolute Gasteiger partial charge is 0.461 e. The van der Waals surface area contributed by atoms with Crippen LogP contribution in [0.1, 0.15) is 59.1 Å². The van der Waals surface area contributed by atoms with Gasteiger partial charge in [-0.3, -0.25) is 23.7 Å². The van der Waals surface area contributed by atoms with Crippen LogP contribution in [0.25, 0.3) is 11.2 Å². The average molecular weight is 605 g/mol. The zero-order valence-electron chi connectivity index (χ0n) is 23.8. The van der Waals surface area contributed by atoms with E-state index >= 15 is 0 Å². The number of H-pyrrole nitrogens is 1. The number of hydrogen-bond donors (Lipinski definition) is 4. The predicted octanol–water partition coefficient (Wildman–Crippen LogP) is 3.04. The van der Waals surface area contributed by atoms with E-state index in [1.165, 1.54) is 17.8 Å². The summed E-state index contributed by atoms with van der Waals surface area (Å²) in [6.07, 6.45) is 3.01. The van der Waals surface area contributed by atoms with Gasteiger partial charge in [-0.25, -0.2) is 9.55 Å². The van der Waals surface area contributed by atoms with Gasteiger partial charge in [-0.05, 0) is 44.7 Å². The van der Waals surface area contributed by atoms with Crippen LogP contribution in [0.5, 0.6) is 5.75 Å². The molecule has 1 saturated heterocycles. The van der Waals surface area contributed by atoms with Crippen LogP contribution < -0.4 is 20.9 Å². The number of rotatable bonds is 10. The maximum absolute atomic E-state index is 14.0. The number of carbonyl (C=O) groups is 1. The van der Waals surface area contributed by atoms with Crippen molar-refractivity contribution < 1.29 is 33.0 Å². The molecule has 1 aliphatic heterocycles. The monoisotopic (exact) mass is 604 g/mol. The molecule has 0 radical (unpaired) electrons. The Kier molecular flexibility index (Phi) is 8.72. The molecular formula is C27H37N6O8P. The SMILES string of the molecule is C[C@H](NP(=O)(OC[C@H]1O[C@@H](n2cnc3c(=O)[nH]c(N)nc32)C(C)(C)[C@@H]1O)Oc1ccccc1)C(=O)OC1CCCCC1. The van der Waals surface area contributed by atoms with Crippen molar-refractivity contribution in [1.82, 2.24) is 24.6 Å². The number of aliphatic hydroxyl groups is 1. The molecule has 1 unspecified atom stereocenters. The number of nitrogens with zero attached hydrogens (tertiary/aromatic N) is 3. The molecule has 1 aromatic carbocycles. The molecule has 5 N–H and O–H groups in total. The second-order valence-electron chi connectivity index (χ2n) is 11.3. The third kappa shape index (κ3) is 6.37. The van der Waals surface area contributed by atoms with E-state index in [1.807, 2.05) is 0 Å². The summed E-state index contributed by atoms with van der Waals surface area (Å²) in [6, 6.07) is 7.39. The third-order valence-corrected chi connectivity index (χ3v) is 9.32. The Morgan fingerprint density at radius 2 is 2.00 bits per heavy atom. The van der Waals surface area contributed by atoms with Crippen molar-refractivity contribution >= 4 is 30.8 Å². The highest BCUT2D eigenvalue weighted by atomic mass is 31.2. The Morgan fingerprint density at radius 1 is 1.29 bits per heavy atom. The number of aliphatic hydroxyl groups excluding tert-OH is 1. The molecule has 3 aromatic rings. The first-order chi connectivity index (χ1) is 20.0. The first-order valence-corrected chi connectivity index (χ1v) is 15.5. The molecule has 2 aromatic heterocycles. The van der Waals surface area contributed by atoms with Gasteiger partial charge in [0, 0.05) is 5.41 Å². The number of hydrogen-bond acceptors (Lipinski definition) is 11. The molecule has 0 spiro atoms. The summed E-state index contributed by atoms with van der Waals surface area (Å²) in [7, 11) is -4.19. The Bertz CT molecular complexity index is 1510. The van der Waals surface area contributed by atoms with Gasteiger partial charge in [0.25, 0.3) is 5.56 Å². The number of nitrogens with two attached hydrogens (primary N) is 1. The molecule has 15 heteroatoms. The highest BCUT2D eigenvalue weighted by Gasteiger charge is 2.52. The molecule has 1 saturated carbocycles. The predicted molar refractivity (Wildman–Crippen MR) is 152 cm³/mol. The number of aromatic amines is 1. The van der Waals surface area contributed by atoms with Gasteiger partial charge in [0.2, 0.25) is 5.95 Å². The lowest BCUT2D eigenvalue weighted by atomic mass is 9.84. The molecule has 5 rings (SSSR count). The van der Waals surface area contributed by atoms with Crippen LogP contribution >= 0.6 is 7.75 Å². The number of para-hydroxylation sites is 1. The van der Waals surface area contributed by atoms with Crippen LogP contribution in [0.15, 0.2) is 41.5 Å². The smallest absolute Gasteiger partial charge is 0.459 e. The van der Waals surface area contributed by atoms with Gasteiger partial charge in [0.1, 0.15) is 30.2 Å². The van der Waals surface area contributed by atoms with Crippen molar-refractivity contribution in [2.24, 2.45) is 5.41 Å². The molecule has 14 nitrogen and oxygen atoms in total. The number of ether oxygens (including phenoxy) is 2. The average Bonchev–Trinajstić information content (AvgIpc) is 3.46. The Balaban J connectivity index is 1.32. The lowest BCUT2D eigenvalue weighted by molar-refractivity contribution is -0.152. The molecule has 2 aliphatic rings. The van der Waals surface area contributed by atoms with Gasteiger partial charge in [-0.2, -0.15) is 10.1 Å². The first-order valence-electron chi connectivity index (χ1n) is 14.0. The fourth-order valence-electron chi connectivity index (χ4n) is 5.33. The van der Waals surface area contributed by atoms with E-state index in [-0.39, 0.29) is 35.6 Å². The van der Waals surface area contributed by atoms with Crippen molar-refractivity contribution in [1.29, 1.82) is 0 Å². The highest BCUT2D eigenvalue weighted by molar-refractivity contribution is 7.52. The van der Waals surface area contributed by atoms with Crippen molar-refractivity contribution in [3.63, 3.8) is 0 Å². The number of esters is 1. The minimum Gasteiger partial charge on any atom is -0.461 e. The number of anilines is 1. The molecule has 0 amide bonds. The van der Waals surface area contributed by atoms with E-state index in [0.29, 0.717) is 0 Å². The lowest BCUT2D eigenvalue weighted by Crippen LogP contribution is -2.39. The number of benzene rings is 1. The number of imidazole rings is 1. The quantitative estimate of drug-likeness (QED) is 0.196. The summed E-state index contributed by atoms with van der Waals surface area (Å²) in [4.78, 5) is 35.8. The minimum atomic E-state index is -4.19. The number of nitrogens with one attached hydrogen (secondary N) is 2. The van der Waals surface area contributed by atoms with Crippen molar-refractivity contribution in [3.05, 3.63) is 47.0 Å². The van der Waals surface area contributed by atoms with Gasteiger partial charge < -0.3 is 24.8 Å². The maximum Gasteiger partial charge on any atom is 0.459 e. The van der Waals surface area contributed by atoms with E-state index in [0.717, 1.165) is 32.1 Å². The molecule has 228 valence electrons. The van der Waals surface area contributed by atoms with Crippen LogP contribution in [0.2, 0.25) is 0 Å². The standard InChI is InChI=1S/C27H37N6O8P/c1-16(24(36)39-17-10-6-4-7-11-17)32-42(37,41-18-12-8-5-9-13-18)38-14-19-21(34)27(2,3)25(40-19)33-15-29-20-22(33)30-26(28)31-23(20)35/h5,8-9,12-13,15-17,19,21,25,34H,4,6-7,10-11,14H2,1-3H3,(H,32,37)(H3,28,30,31,35)/t16-,19+,21+,25+,42?/m0/s1. The normalized spacial score (nSPS) is 24.7. The van der Waals surface area contributed by atoms with E-state index in [9.17, 15) is 19.3 Å². The fourth-order valence-corrected chi connectivity index (χ4v) is 6.83. The lowest BCUT2D eigenvalue weighted by Gasteiger charge is -2.29. The van der Waals surface area contributed by atoms with E-state index in [4.69, 9.17) is 24.3 Å². The molecular weight excluding hydrogens is 567 g/mol. The molecule has 3 heterocycles.